The number of rotatable bonds is 1. The van der Waals surface area contributed by atoms with E-state index < -0.39 is 0 Å². The summed E-state index contributed by atoms with van der Waals surface area (Å²) in [6.45, 7) is 7.30. The van der Waals surface area contributed by atoms with Crippen molar-refractivity contribution in [1.82, 2.24) is 4.90 Å². The van der Waals surface area contributed by atoms with E-state index in [4.69, 9.17) is 17.3 Å². The Morgan fingerprint density at radius 1 is 1.37 bits per heavy atom. The van der Waals surface area contributed by atoms with E-state index in [1.807, 2.05) is 4.90 Å². The molecule has 0 saturated carbocycles. The molecule has 19 heavy (non-hydrogen) atoms. The van der Waals surface area contributed by atoms with E-state index in [1.54, 1.807) is 18.2 Å². The SMILES string of the molecule is CC1CC(C)C(C)N(C(=O)c2ccc(Cl)cc2N)C1. The summed E-state index contributed by atoms with van der Waals surface area (Å²) in [5.74, 6) is 1.06. The number of carbonyl (C=O) groups is 1. The molecule has 3 unspecified atom stereocenters. The molecule has 1 amide bonds. The monoisotopic (exact) mass is 280 g/mol. The molecule has 1 fully saturated rings. The molecule has 1 saturated heterocycles. The zero-order chi connectivity index (χ0) is 14.2. The Labute approximate surface area is 119 Å². The average Bonchev–Trinajstić information content (AvgIpc) is 2.33. The van der Waals surface area contributed by atoms with Gasteiger partial charge in [-0.05, 0) is 43.4 Å². The zero-order valence-electron chi connectivity index (χ0n) is 11.7. The first kappa shape index (κ1) is 14.2. The predicted octanol–water partition coefficient (Wildman–Crippen LogP) is 3.43. The van der Waals surface area contributed by atoms with Gasteiger partial charge in [0, 0.05) is 23.3 Å². The molecule has 3 nitrogen and oxygen atoms in total. The van der Waals surface area contributed by atoms with Crippen molar-refractivity contribution in [2.75, 3.05) is 12.3 Å². The number of benzene rings is 1. The molecule has 1 heterocycles. The minimum atomic E-state index is 0.0140. The minimum Gasteiger partial charge on any atom is -0.398 e. The van der Waals surface area contributed by atoms with Gasteiger partial charge in [0.05, 0.1) is 5.56 Å². The van der Waals surface area contributed by atoms with Crippen LogP contribution in [0.5, 0.6) is 0 Å². The Hall–Kier alpha value is -1.22. The van der Waals surface area contributed by atoms with Crippen LogP contribution in [0.15, 0.2) is 18.2 Å². The van der Waals surface area contributed by atoms with Gasteiger partial charge in [0.1, 0.15) is 0 Å². The molecule has 0 bridgehead atoms. The van der Waals surface area contributed by atoms with Crippen molar-refractivity contribution in [3.05, 3.63) is 28.8 Å². The van der Waals surface area contributed by atoms with E-state index in [9.17, 15) is 4.79 Å². The fourth-order valence-electron chi connectivity index (χ4n) is 2.87. The van der Waals surface area contributed by atoms with Crippen LogP contribution in [0, 0.1) is 11.8 Å². The van der Waals surface area contributed by atoms with E-state index in [-0.39, 0.29) is 11.9 Å². The summed E-state index contributed by atoms with van der Waals surface area (Å²) >= 11 is 5.88. The molecule has 3 atom stereocenters. The standard InChI is InChI=1S/C15H21ClN2O/c1-9-6-10(2)11(3)18(8-9)15(19)13-5-4-12(16)7-14(13)17/h4-5,7,9-11H,6,8,17H2,1-3H3. The first-order chi connectivity index (χ1) is 8.90. The van der Waals surface area contributed by atoms with E-state index in [0.717, 1.165) is 6.54 Å². The van der Waals surface area contributed by atoms with Gasteiger partial charge in [0.15, 0.2) is 0 Å². The van der Waals surface area contributed by atoms with Gasteiger partial charge >= 0.3 is 0 Å². The maximum absolute atomic E-state index is 12.6. The van der Waals surface area contributed by atoms with Gasteiger partial charge in [0.25, 0.3) is 5.91 Å². The average molecular weight is 281 g/mol. The third-order valence-corrected chi connectivity index (χ3v) is 4.34. The summed E-state index contributed by atoms with van der Waals surface area (Å²) in [7, 11) is 0. The lowest BCUT2D eigenvalue weighted by molar-refractivity contribution is 0.0457. The number of carbonyl (C=O) groups excluding carboxylic acids is 1. The highest BCUT2D eigenvalue weighted by atomic mass is 35.5. The van der Waals surface area contributed by atoms with Crippen LogP contribution in [0.4, 0.5) is 5.69 Å². The van der Waals surface area contributed by atoms with E-state index in [1.165, 1.54) is 6.42 Å². The summed E-state index contributed by atoms with van der Waals surface area (Å²) in [5, 5.41) is 0.558. The second kappa shape index (κ2) is 5.41. The number of hydrogen-bond donors (Lipinski definition) is 1. The second-order valence-electron chi connectivity index (χ2n) is 5.75. The van der Waals surface area contributed by atoms with Crippen LogP contribution in [0.1, 0.15) is 37.6 Å². The Morgan fingerprint density at radius 3 is 2.68 bits per heavy atom. The quantitative estimate of drug-likeness (QED) is 0.801. The van der Waals surface area contributed by atoms with Gasteiger partial charge < -0.3 is 10.6 Å². The predicted molar refractivity (Wildman–Crippen MR) is 79.3 cm³/mol. The van der Waals surface area contributed by atoms with Crippen molar-refractivity contribution in [1.29, 1.82) is 0 Å². The first-order valence-electron chi connectivity index (χ1n) is 6.76. The Balaban J connectivity index is 2.27. The normalized spacial score (nSPS) is 27.4. The number of likely N-dealkylation sites (tertiary alicyclic amines) is 1. The lowest BCUT2D eigenvalue weighted by atomic mass is 9.85. The fourth-order valence-corrected chi connectivity index (χ4v) is 3.05. The van der Waals surface area contributed by atoms with Crippen LogP contribution in [0.2, 0.25) is 5.02 Å². The van der Waals surface area contributed by atoms with Gasteiger partial charge in [-0.25, -0.2) is 0 Å². The molecule has 0 aromatic heterocycles. The van der Waals surface area contributed by atoms with E-state index in [0.29, 0.717) is 28.1 Å². The highest BCUT2D eigenvalue weighted by Gasteiger charge is 2.32. The third-order valence-electron chi connectivity index (χ3n) is 4.10. The molecule has 2 N–H and O–H groups in total. The number of nitrogens with zero attached hydrogens (tertiary/aromatic N) is 1. The van der Waals surface area contributed by atoms with Gasteiger partial charge in [-0.3, -0.25) is 4.79 Å². The van der Waals surface area contributed by atoms with Gasteiger partial charge in [-0.2, -0.15) is 0 Å². The number of piperidine rings is 1. The van der Waals surface area contributed by atoms with Gasteiger partial charge in [-0.1, -0.05) is 25.4 Å². The number of hydrogen-bond acceptors (Lipinski definition) is 2. The van der Waals surface area contributed by atoms with Crippen molar-refractivity contribution < 1.29 is 4.79 Å². The van der Waals surface area contributed by atoms with Crippen LogP contribution < -0.4 is 5.73 Å². The highest BCUT2D eigenvalue weighted by Crippen LogP contribution is 2.29. The summed E-state index contributed by atoms with van der Waals surface area (Å²) < 4.78 is 0. The highest BCUT2D eigenvalue weighted by molar-refractivity contribution is 6.31. The third kappa shape index (κ3) is 2.86. The molecule has 4 heteroatoms. The lowest BCUT2D eigenvalue weighted by Gasteiger charge is -2.41. The molecule has 1 aliphatic rings. The number of amides is 1. The lowest BCUT2D eigenvalue weighted by Crippen LogP contribution is -2.49. The largest absolute Gasteiger partial charge is 0.398 e. The molecule has 1 aromatic carbocycles. The van der Waals surface area contributed by atoms with E-state index in [2.05, 4.69) is 20.8 Å². The maximum atomic E-state index is 12.6. The fraction of sp³-hybridized carbons (Fsp3) is 0.533. The molecule has 0 aliphatic carbocycles. The first-order valence-corrected chi connectivity index (χ1v) is 7.14. The number of anilines is 1. The van der Waals surface area contributed by atoms with Crippen LogP contribution in [-0.2, 0) is 0 Å². The molecule has 1 aliphatic heterocycles. The van der Waals surface area contributed by atoms with Crippen LogP contribution in [-0.4, -0.2) is 23.4 Å². The van der Waals surface area contributed by atoms with Gasteiger partial charge in [0.2, 0.25) is 0 Å². The van der Waals surface area contributed by atoms with Crippen LogP contribution in [0.25, 0.3) is 0 Å². The topological polar surface area (TPSA) is 46.3 Å². The minimum absolute atomic E-state index is 0.0140. The van der Waals surface area contributed by atoms with Crippen molar-refractivity contribution >= 4 is 23.2 Å². The molecule has 2 rings (SSSR count). The van der Waals surface area contributed by atoms with Crippen molar-refractivity contribution in [2.45, 2.75) is 33.2 Å². The smallest absolute Gasteiger partial charge is 0.256 e. The Bertz CT molecular complexity index is 489. The van der Waals surface area contributed by atoms with Crippen molar-refractivity contribution in [3.8, 4) is 0 Å². The summed E-state index contributed by atoms with van der Waals surface area (Å²) in [4.78, 5) is 14.6. The Kier molecular flexibility index (Phi) is 4.04. The maximum Gasteiger partial charge on any atom is 0.256 e. The van der Waals surface area contributed by atoms with Crippen molar-refractivity contribution in [3.63, 3.8) is 0 Å². The summed E-state index contributed by atoms with van der Waals surface area (Å²) in [6.07, 6.45) is 1.17. The molecular weight excluding hydrogens is 260 g/mol. The van der Waals surface area contributed by atoms with Crippen LogP contribution >= 0.6 is 11.6 Å². The second-order valence-corrected chi connectivity index (χ2v) is 6.18. The number of nitrogen functional groups attached to an aromatic ring is 1. The number of halogens is 1. The van der Waals surface area contributed by atoms with Crippen molar-refractivity contribution in [2.24, 2.45) is 11.8 Å². The van der Waals surface area contributed by atoms with Crippen LogP contribution in [0.3, 0.4) is 0 Å². The molecular formula is C15H21ClN2O. The number of nitrogens with two attached hydrogens (primary N) is 1. The summed E-state index contributed by atoms with van der Waals surface area (Å²) in [6, 6.07) is 5.32. The molecule has 1 aromatic rings. The Morgan fingerprint density at radius 2 is 2.05 bits per heavy atom. The molecule has 104 valence electrons. The molecule has 0 radical (unpaired) electrons. The van der Waals surface area contributed by atoms with E-state index >= 15 is 0 Å². The zero-order valence-corrected chi connectivity index (χ0v) is 12.4. The molecule has 0 spiro atoms. The summed E-state index contributed by atoms with van der Waals surface area (Å²) in [5.41, 5.74) is 6.92. The van der Waals surface area contributed by atoms with Gasteiger partial charge in [-0.15, -0.1) is 0 Å².